The molecule has 142 valence electrons. The number of methoxy groups -OCH3 is 2. The van der Waals surface area contributed by atoms with Gasteiger partial charge in [-0.05, 0) is 30.2 Å². The number of anilines is 1. The van der Waals surface area contributed by atoms with Crippen molar-refractivity contribution in [3.8, 4) is 23.0 Å². The summed E-state index contributed by atoms with van der Waals surface area (Å²) in [7, 11) is 3.13. The molecule has 0 bridgehead atoms. The largest absolute Gasteiger partial charge is 0.493 e. The highest BCUT2D eigenvalue weighted by Crippen LogP contribution is 2.43. The summed E-state index contributed by atoms with van der Waals surface area (Å²) in [6.45, 7) is 2.03. The molecule has 0 radical (unpaired) electrons. The second-order valence-corrected chi connectivity index (χ2v) is 6.23. The van der Waals surface area contributed by atoms with Gasteiger partial charge in [0.1, 0.15) is 17.8 Å². The van der Waals surface area contributed by atoms with Crippen molar-refractivity contribution in [2.45, 2.75) is 19.4 Å². The summed E-state index contributed by atoms with van der Waals surface area (Å²) in [5.74, 6) is 1.96. The first-order valence-corrected chi connectivity index (χ1v) is 8.86. The molecule has 1 aliphatic heterocycles. The highest BCUT2D eigenvalue weighted by Gasteiger charge is 2.39. The molecule has 1 amide bonds. The number of fused-ring (bicyclic) bond motifs is 1. The minimum atomic E-state index is -0.165. The Balaban J connectivity index is 1.79. The molecule has 0 spiro atoms. The summed E-state index contributed by atoms with van der Waals surface area (Å²) < 4.78 is 10.8. The predicted molar refractivity (Wildman–Crippen MR) is 102 cm³/mol. The second kappa shape index (κ2) is 7.22. The Hall–Kier alpha value is -3.55. The average Bonchev–Trinajstić information content (AvgIpc) is 3.04. The van der Waals surface area contributed by atoms with Gasteiger partial charge < -0.3 is 9.47 Å². The fourth-order valence-electron chi connectivity index (χ4n) is 3.46. The Morgan fingerprint density at radius 1 is 1.00 bits per heavy atom. The van der Waals surface area contributed by atoms with Gasteiger partial charge in [-0.3, -0.25) is 9.69 Å². The predicted octanol–water partition coefficient (Wildman–Crippen LogP) is 3.06. The number of benzene rings is 1. The number of carbonyl (C=O) groups is 1. The first-order chi connectivity index (χ1) is 13.7. The van der Waals surface area contributed by atoms with Gasteiger partial charge in [0.05, 0.1) is 20.3 Å². The summed E-state index contributed by atoms with van der Waals surface area (Å²) >= 11 is 0. The van der Waals surface area contributed by atoms with E-state index in [1.807, 2.05) is 13.0 Å². The van der Waals surface area contributed by atoms with Gasteiger partial charge in [-0.15, -0.1) is 0 Å². The summed E-state index contributed by atoms with van der Waals surface area (Å²) in [4.78, 5) is 31.9. The van der Waals surface area contributed by atoms with Gasteiger partial charge in [0.15, 0.2) is 17.3 Å². The first kappa shape index (κ1) is 17.8. The van der Waals surface area contributed by atoms with Crippen LogP contribution >= 0.6 is 0 Å². The number of amides is 1. The minimum absolute atomic E-state index is 0.138. The van der Waals surface area contributed by atoms with Gasteiger partial charge >= 0.3 is 0 Å². The number of rotatable bonds is 5. The molecule has 8 heteroatoms. The first-order valence-electron chi connectivity index (χ1n) is 8.86. The fraction of sp³-hybridized carbons (Fsp3) is 0.250. The zero-order chi connectivity index (χ0) is 19.7. The smallest absolute Gasteiger partial charge is 0.260 e. The lowest BCUT2D eigenvalue weighted by atomic mass is 10.0. The summed E-state index contributed by atoms with van der Waals surface area (Å²) in [5.41, 5.74) is 2.03. The average molecular weight is 377 g/mol. The third kappa shape index (κ3) is 2.83. The molecular weight excluding hydrogens is 358 g/mol. The van der Waals surface area contributed by atoms with Crippen LogP contribution in [0.2, 0.25) is 0 Å². The van der Waals surface area contributed by atoms with Gasteiger partial charge in [-0.1, -0.05) is 6.92 Å². The van der Waals surface area contributed by atoms with E-state index in [1.54, 1.807) is 49.7 Å². The van der Waals surface area contributed by atoms with Gasteiger partial charge in [0, 0.05) is 24.0 Å². The molecule has 1 atom stereocenters. The second-order valence-electron chi connectivity index (χ2n) is 6.23. The molecule has 28 heavy (non-hydrogen) atoms. The van der Waals surface area contributed by atoms with Crippen molar-refractivity contribution < 1.29 is 14.3 Å². The number of hydrogen-bond donors (Lipinski definition) is 0. The highest BCUT2D eigenvalue weighted by atomic mass is 16.5. The lowest BCUT2D eigenvalue weighted by molar-refractivity contribution is 0.0989. The Bertz CT molecular complexity index is 1030. The van der Waals surface area contributed by atoms with Crippen LogP contribution in [0.3, 0.4) is 0 Å². The monoisotopic (exact) mass is 377 g/mol. The maximum Gasteiger partial charge on any atom is 0.260 e. The van der Waals surface area contributed by atoms with Crippen LogP contribution in [-0.2, 0) is 0 Å². The molecular formula is C20H19N5O3. The SMILES string of the molecule is CC[C@H]1c2cc(OC)c(OC)cc2C(=O)N1c1cc(-c2ncccn2)ncn1. The Kier molecular flexibility index (Phi) is 4.60. The molecule has 0 N–H and O–H groups in total. The zero-order valence-corrected chi connectivity index (χ0v) is 15.8. The van der Waals surface area contributed by atoms with E-state index in [0.29, 0.717) is 34.4 Å². The van der Waals surface area contributed by atoms with Crippen LogP contribution in [0.15, 0.2) is 43.0 Å². The minimum Gasteiger partial charge on any atom is -0.493 e. The van der Waals surface area contributed by atoms with E-state index in [-0.39, 0.29) is 11.9 Å². The molecule has 2 aromatic heterocycles. The lowest BCUT2D eigenvalue weighted by Gasteiger charge is -2.23. The topological polar surface area (TPSA) is 90.3 Å². The quantitative estimate of drug-likeness (QED) is 0.675. The third-order valence-corrected chi connectivity index (χ3v) is 4.76. The molecule has 1 aromatic carbocycles. The van der Waals surface area contributed by atoms with E-state index in [4.69, 9.17) is 9.47 Å². The van der Waals surface area contributed by atoms with Crippen LogP contribution in [0.4, 0.5) is 5.82 Å². The molecule has 0 saturated heterocycles. The zero-order valence-electron chi connectivity index (χ0n) is 15.8. The van der Waals surface area contributed by atoms with E-state index in [9.17, 15) is 4.79 Å². The normalized spacial score (nSPS) is 15.5. The molecule has 0 fully saturated rings. The fourth-order valence-corrected chi connectivity index (χ4v) is 3.46. The van der Waals surface area contributed by atoms with E-state index in [2.05, 4.69) is 19.9 Å². The van der Waals surface area contributed by atoms with Crippen molar-refractivity contribution in [1.82, 2.24) is 19.9 Å². The van der Waals surface area contributed by atoms with Crippen LogP contribution in [-0.4, -0.2) is 40.1 Å². The van der Waals surface area contributed by atoms with E-state index in [0.717, 1.165) is 12.0 Å². The van der Waals surface area contributed by atoms with E-state index >= 15 is 0 Å². The lowest BCUT2D eigenvalue weighted by Crippen LogP contribution is -2.28. The number of nitrogens with zero attached hydrogens (tertiary/aromatic N) is 5. The standard InChI is InChI=1S/C20H19N5O3/c1-4-15-12-8-16(27-2)17(28-3)9-13(12)20(26)25(15)18-10-14(23-11-24-18)19-21-6-5-7-22-19/h5-11,15H,4H2,1-3H3/t15-/m0/s1. The van der Waals surface area contributed by atoms with Crippen LogP contribution in [0.5, 0.6) is 11.5 Å². The molecule has 0 saturated carbocycles. The molecule has 3 aromatic rings. The van der Waals surface area contributed by atoms with Crippen LogP contribution in [0.1, 0.15) is 35.3 Å². The van der Waals surface area contributed by atoms with E-state index in [1.165, 1.54) is 6.33 Å². The van der Waals surface area contributed by atoms with E-state index < -0.39 is 0 Å². The van der Waals surface area contributed by atoms with Crippen LogP contribution in [0.25, 0.3) is 11.5 Å². The maximum absolute atomic E-state index is 13.2. The van der Waals surface area contributed by atoms with Crippen LogP contribution < -0.4 is 14.4 Å². The van der Waals surface area contributed by atoms with Crippen molar-refractivity contribution in [1.29, 1.82) is 0 Å². The van der Waals surface area contributed by atoms with Gasteiger partial charge in [-0.2, -0.15) is 0 Å². The molecule has 3 heterocycles. The van der Waals surface area contributed by atoms with Crippen molar-refractivity contribution in [2.24, 2.45) is 0 Å². The number of hydrogen-bond acceptors (Lipinski definition) is 7. The Labute approximate surface area is 162 Å². The van der Waals surface area contributed by atoms with Gasteiger partial charge in [0.2, 0.25) is 0 Å². The molecule has 4 rings (SSSR count). The summed E-state index contributed by atoms with van der Waals surface area (Å²) in [6.07, 6.45) is 5.43. The van der Waals surface area contributed by atoms with Crippen molar-refractivity contribution in [3.05, 3.63) is 54.1 Å². The molecule has 8 nitrogen and oxygen atoms in total. The Morgan fingerprint density at radius 3 is 2.39 bits per heavy atom. The van der Waals surface area contributed by atoms with Crippen molar-refractivity contribution in [3.63, 3.8) is 0 Å². The molecule has 0 aliphatic carbocycles. The van der Waals surface area contributed by atoms with Crippen LogP contribution in [0, 0.1) is 0 Å². The van der Waals surface area contributed by atoms with Crippen molar-refractivity contribution in [2.75, 3.05) is 19.1 Å². The van der Waals surface area contributed by atoms with Gasteiger partial charge in [0.25, 0.3) is 5.91 Å². The number of ether oxygens (including phenoxy) is 2. The molecule has 0 unspecified atom stereocenters. The highest BCUT2D eigenvalue weighted by molar-refractivity contribution is 6.11. The number of aromatic nitrogens is 4. The number of carbonyl (C=O) groups excluding carboxylic acids is 1. The third-order valence-electron chi connectivity index (χ3n) is 4.76. The molecule has 1 aliphatic rings. The van der Waals surface area contributed by atoms with Gasteiger partial charge in [-0.25, -0.2) is 19.9 Å². The Morgan fingerprint density at radius 2 is 1.71 bits per heavy atom. The maximum atomic E-state index is 13.2. The van der Waals surface area contributed by atoms with Crippen molar-refractivity contribution >= 4 is 11.7 Å². The summed E-state index contributed by atoms with van der Waals surface area (Å²) in [6, 6.07) is 6.89. The summed E-state index contributed by atoms with van der Waals surface area (Å²) in [5, 5.41) is 0.